The zero-order valence-electron chi connectivity index (χ0n) is 11.0. The number of carbonyl (C=O) groups is 1. The molecule has 0 spiro atoms. The van der Waals surface area contributed by atoms with Gasteiger partial charge >= 0.3 is 0 Å². The largest absolute Gasteiger partial charge is 0.444 e. The van der Waals surface area contributed by atoms with E-state index in [0.29, 0.717) is 5.89 Å². The molecule has 0 aliphatic heterocycles. The molecule has 0 unspecified atom stereocenters. The number of aromatic nitrogens is 1. The van der Waals surface area contributed by atoms with Crippen molar-refractivity contribution in [2.24, 2.45) is 0 Å². The molecule has 5 nitrogen and oxygen atoms in total. The summed E-state index contributed by atoms with van der Waals surface area (Å²) in [5.41, 5.74) is 0.317. The van der Waals surface area contributed by atoms with E-state index in [0.717, 1.165) is 24.8 Å². The number of amides is 1. The minimum absolute atomic E-state index is 0.228. The van der Waals surface area contributed by atoms with Crippen molar-refractivity contribution in [1.82, 2.24) is 10.3 Å². The van der Waals surface area contributed by atoms with Gasteiger partial charge in [0.2, 0.25) is 5.89 Å². The van der Waals surface area contributed by atoms with Gasteiger partial charge in [0.15, 0.2) is 5.69 Å². The molecule has 1 aliphatic carbocycles. The van der Waals surface area contributed by atoms with E-state index < -0.39 is 5.60 Å². The minimum atomic E-state index is -0.734. The number of nitrogens with zero attached hydrogens (tertiary/aromatic N) is 1. The Morgan fingerprint density at radius 1 is 1.35 bits per heavy atom. The van der Waals surface area contributed by atoms with Gasteiger partial charge in [0.25, 0.3) is 5.91 Å². The van der Waals surface area contributed by atoms with Crippen LogP contribution in [0.5, 0.6) is 0 Å². The highest BCUT2D eigenvalue weighted by molar-refractivity contribution is 5.92. The van der Waals surface area contributed by atoms with E-state index in [1.54, 1.807) is 0 Å². The second kappa shape index (κ2) is 5.09. The molecule has 0 saturated heterocycles. The van der Waals surface area contributed by atoms with Crippen LogP contribution in [0.3, 0.4) is 0 Å². The van der Waals surface area contributed by atoms with Crippen molar-refractivity contribution < 1.29 is 14.3 Å². The molecule has 0 radical (unpaired) electrons. The molecule has 104 valence electrons. The molecule has 1 amide bonds. The Morgan fingerprint density at radius 2 is 2.10 bits per heavy atom. The highest BCUT2D eigenvalue weighted by atomic mass is 16.3. The molecule has 3 rings (SSSR count). The van der Waals surface area contributed by atoms with Crippen LogP contribution in [0, 0.1) is 0 Å². The van der Waals surface area contributed by atoms with Crippen LogP contribution in [0.4, 0.5) is 0 Å². The average Bonchev–Trinajstić information content (AvgIpc) is 2.93. The van der Waals surface area contributed by atoms with Crippen LogP contribution >= 0.6 is 0 Å². The van der Waals surface area contributed by atoms with Crippen LogP contribution in [-0.4, -0.2) is 28.1 Å². The van der Waals surface area contributed by atoms with Gasteiger partial charge in [0.1, 0.15) is 6.26 Å². The highest BCUT2D eigenvalue weighted by Gasteiger charge is 2.34. The molecule has 1 saturated carbocycles. The normalized spacial score (nSPS) is 16.4. The molecule has 2 aromatic rings. The quantitative estimate of drug-likeness (QED) is 0.892. The summed E-state index contributed by atoms with van der Waals surface area (Å²) in [6.07, 6.45) is 3.82. The van der Waals surface area contributed by atoms with E-state index in [1.165, 1.54) is 6.26 Å². The Bertz CT molecular complexity index is 603. The first kappa shape index (κ1) is 12.9. The summed E-state index contributed by atoms with van der Waals surface area (Å²) in [7, 11) is 0. The number of rotatable bonds is 4. The molecule has 1 heterocycles. The summed E-state index contributed by atoms with van der Waals surface area (Å²) >= 11 is 0. The average molecular weight is 272 g/mol. The molecule has 20 heavy (non-hydrogen) atoms. The maximum Gasteiger partial charge on any atom is 0.273 e. The lowest BCUT2D eigenvalue weighted by molar-refractivity contribution is -0.0300. The molecule has 1 aromatic heterocycles. The zero-order valence-corrected chi connectivity index (χ0v) is 11.0. The van der Waals surface area contributed by atoms with E-state index in [2.05, 4.69) is 10.3 Å². The summed E-state index contributed by atoms with van der Waals surface area (Å²) < 4.78 is 5.31. The lowest BCUT2D eigenvalue weighted by Crippen LogP contribution is -2.47. The molecule has 2 N–H and O–H groups in total. The fraction of sp³-hybridized carbons (Fsp3) is 0.333. The second-order valence-electron chi connectivity index (χ2n) is 5.16. The van der Waals surface area contributed by atoms with Crippen molar-refractivity contribution in [3.05, 3.63) is 42.3 Å². The van der Waals surface area contributed by atoms with Gasteiger partial charge < -0.3 is 14.8 Å². The van der Waals surface area contributed by atoms with E-state index in [9.17, 15) is 9.90 Å². The molecule has 1 fully saturated rings. The lowest BCUT2D eigenvalue weighted by Gasteiger charge is -2.36. The fourth-order valence-electron chi connectivity index (χ4n) is 2.19. The van der Waals surface area contributed by atoms with Gasteiger partial charge in [0, 0.05) is 12.1 Å². The Labute approximate surface area is 116 Å². The van der Waals surface area contributed by atoms with Crippen LogP contribution in [0.1, 0.15) is 29.8 Å². The predicted molar refractivity (Wildman–Crippen MR) is 73.1 cm³/mol. The van der Waals surface area contributed by atoms with E-state index in [4.69, 9.17) is 4.42 Å². The van der Waals surface area contributed by atoms with E-state index in [1.807, 2.05) is 30.3 Å². The minimum Gasteiger partial charge on any atom is -0.444 e. The topological polar surface area (TPSA) is 75.4 Å². The maximum absolute atomic E-state index is 11.9. The van der Waals surface area contributed by atoms with Gasteiger partial charge in [0.05, 0.1) is 5.60 Å². The Hall–Kier alpha value is -2.14. The summed E-state index contributed by atoms with van der Waals surface area (Å²) in [4.78, 5) is 16.1. The molecule has 1 aliphatic rings. The maximum atomic E-state index is 11.9. The van der Waals surface area contributed by atoms with E-state index in [-0.39, 0.29) is 18.1 Å². The van der Waals surface area contributed by atoms with Gasteiger partial charge in [-0.05, 0) is 31.4 Å². The number of benzene rings is 1. The Morgan fingerprint density at radius 3 is 2.75 bits per heavy atom. The number of nitrogens with one attached hydrogen (secondary N) is 1. The standard InChI is InChI=1S/C15H16N2O3/c18-13(16-10-15(19)7-4-8-15)12-9-20-14(17-12)11-5-2-1-3-6-11/h1-3,5-6,9,19H,4,7-8,10H2,(H,16,18). The van der Waals surface area contributed by atoms with Crippen LogP contribution < -0.4 is 5.32 Å². The Kier molecular flexibility index (Phi) is 3.28. The highest BCUT2D eigenvalue weighted by Crippen LogP contribution is 2.30. The molecule has 0 atom stereocenters. The van der Waals surface area contributed by atoms with Crippen LogP contribution in [0.25, 0.3) is 11.5 Å². The van der Waals surface area contributed by atoms with Crippen LogP contribution in [-0.2, 0) is 0 Å². The van der Waals surface area contributed by atoms with Gasteiger partial charge in [-0.1, -0.05) is 18.2 Å². The van der Waals surface area contributed by atoms with E-state index >= 15 is 0 Å². The molecular formula is C15H16N2O3. The number of oxazole rings is 1. The van der Waals surface area contributed by atoms with Crippen molar-refractivity contribution in [1.29, 1.82) is 0 Å². The lowest BCUT2D eigenvalue weighted by atomic mass is 9.80. The SMILES string of the molecule is O=C(NCC1(O)CCC1)c1coc(-c2ccccc2)n1. The number of hydrogen-bond donors (Lipinski definition) is 2. The van der Waals surface area contributed by atoms with Gasteiger partial charge in [-0.15, -0.1) is 0 Å². The fourth-order valence-corrected chi connectivity index (χ4v) is 2.19. The molecule has 5 heteroatoms. The summed E-state index contributed by atoms with van der Waals surface area (Å²) in [5.74, 6) is 0.0920. The van der Waals surface area contributed by atoms with Crippen molar-refractivity contribution in [3.63, 3.8) is 0 Å². The summed E-state index contributed by atoms with van der Waals surface area (Å²) in [6, 6.07) is 9.39. The molecule has 0 bridgehead atoms. The first-order valence-electron chi connectivity index (χ1n) is 6.68. The second-order valence-corrected chi connectivity index (χ2v) is 5.16. The number of hydrogen-bond acceptors (Lipinski definition) is 4. The Balaban J connectivity index is 1.66. The van der Waals surface area contributed by atoms with Gasteiger partial charge in [-0.25, -0.2) is 4.98 Å². The first-order chi connectivity index (χ1) is 9.66. The van der Waals surface area contributed by atoms with Crippen molar-refractivity contribution in [3.8, 4) is 11.5 Å². The number of carbonyl (C=O) groups excluding carboxylic acids is 1. The summed E-state index contributed by atoms with van der Waals surface area (Å²) in [5, 5.41) is 12.6. The van der Waals surface area contributed by atoms with Crippen LogP contribution in [0.15, 0.2) is 41.0 Å². The third-order valence-electron chi connectivity index (χ3n) is 3.62. The zero-order chi connectivity index (χ0) is 14.0. The third kappa shape index (κ3) is 2.58. The molecule has 1 aromatic carbocycles. The monoisotopic (exact) mass is 272 g/mol. The molecular weight excluding hydrogens is 256 g/mol. The summed E-state index contributed by atoms with van der Waals surface area (Å²) in [6.45, 7) is 0.263. The predicted octanol–water partition coefficient (Wildman–Crippen LogP) is 1.99. The van der Waals surface area contributed by atoms with Crippen molar-refractivity contribution in [2.45, 2.75) is 24.9 Å². The number of aliphatic hydroxyl groups is 1. The third-order valence-corrected chi connectivity index (χ3v) is 3.62. The van der Waals surface area contributed by atoms with Crippen LogP contribution in [0.2, 0.25) is 0 Å². The van der Waals surface area contributed by atoms with Crippen molar-refractivity contribution >= 4 is 5.91 Å². The van der Waals surface area contributed by atoms with Gasteiger partial charge in [-0.3, -0.25) is 4.79 Å². The van der Waals surface area contributed by atoms with Gasteiger partial charge in [-0.2, -0.15) is 0 Å². The van der Waals surface area contributed by atoms with Crippen molar-refractivity contribution in [2.75, 3.05) is 6.54 Å². The first-order valence-corrected chi connectivity index (χ1v) is 6.68. The smallest absolute Gasteiger partial charge is 0.273 e.